The molecule has 0 spiro atoms. The van der Waals surface area contributed by atoms with E-state index in [0.717, 1.165) is 22.6 Å². The number of rotatable bonds is 7. The zero-order chi connectivity index (χ0) is 22.7. The molecule has 6 nitrogen and oxygen atoms in total. The van der Waals surface area contributed by atoms with Crippen LogP contribution in [0.25, 0.3) is 22.6 Å². The number of thiazole rings is 1. The number of aromatic nitrogens is 4. The lowest BCUT2D eigenvalue weighted by molar-refractivity contribution is -0.113. The molecule has 0 radical (unpaired) electrons. The molecule has 0 atom stereocenters. The van der Waals surface area contributed by atoms with E-state index in [1.165, 1.54) is 34.2 Å². The van der Waals surface area contributed by atoms with Gasteiger partial charge >= 0.3 is 0 Å². The lowest BCUT2D eigenvalue weighted by atomic mass is 10.1. The first kappa shape index (κ1) is 22.5. The molecular weight excluding hydrogens is 462 g/mol. The van der Waals surface area contributed by atoms with Crippen LogP contribution >= 0.6 is 34.7 Å². The van der Waals surface area contributed by atoms with Gasteiger partial charge in [-0.15, -0.1) is 21.5 Å². The van der Waals surface area contributed by atoms with Gasteiger partial charge in [-0.2, -0.15) is 0 Å². The molecule has 164 valence electrons. The molecule has 4 rings (SSSR count). The van der Waals surface area contributed by atoms with Crippen molar-refractivity contribution in [1.29, 1.82) is 0 Å². The van der Waals surface area contributed by atoms with Crippen molar-refractivity contribution in [2.24, 2.45) is 0 Å². The van der Waals surface area contributed by atoms with Crippen LogP contribution in [-0.4, -0.2) is 31.4 Å². The van der Waals surface area contributed by atoms with Gasteiger partial charge in [0, 0.05) is 28.1 Å². The number of halogens is 1. The molecule has 2 heterocycles. The topological polar surface area (TPSA) is 72.7 Å². The van der Waals surface area contributed by atoms with E-state index in [9.17, 15) is 4.79 Å². The lowest BCUT2D eigenvalue weighted by Crippen LogP contribution is -2.14. The molecule has 0 unspecified atom stereocenters. The van der Waals surface area contributed by atoms with Gasteiger partial charge in [-0.05, 0) is 62.2 Å². The van der Waals surface area contributed by atoms with E-state index in [-0.39, 0.29) is 11.7 Å². The van der Waals surface area contributed by atoms with Gasteiger partial charge < -0.3 is 9.88 Å². The number of anilines is 1. The summed E-state index contributed by atoms with van der Waals surface area (Å²) in [5, 5.41) is 15.4. The van der Waals surface area contributed by atoms with Gasteiger partial charge in [-0.25, -0.2) is 4.98 Å². The Morgan fingerprint density at radius 3 is 2.56 bits per heavy atom. The molecule has 0 aliphatic rings. The molecule has 4 aromatic rings. The molecule has 0 aliphatic heterocycles. The van der Waals surface area contributed by atoms with E-state index >= 15 is 0 Å². The summed E-state index contributed by atoms with van der Waals surface area (Å²) in [6, 6.07) is 13.7. The van der Waals surface area contributed by atoms with Crippen LogP contribution in [0.2, 0.25) is 5.02 Å². The standard InChI is InChI=1S/C23H22ClN5OS2/c1-4-29-21(16-7-9-18(24)10-8-16)27-28-23(29)32-13-20(30)26-22-25-19(12-31-22)17-6-5-14(2)15(3)11-17/h5-12H,4,13H2,1-3H3,(H,25,26,30). The van der Waals surface area contributed by atoms with Crippen molar-refractivity contribution in [3.05, 3.63) is 64.0 Å². The third-order valence-corrected chi connectivity index (χ3v) is 7.00. The largest absolute Gasteiger partial charge is 0.302 e. The molecule has 1 N–H and O–H groups in total. The number of aryl methyl sites for hydroxylation is 2. The van der Waals surface area contributed by atoms with Gasteiger partial charge in [-0.3, -0.25) is 4.79 Å². The average Bonchev–Trinajstić information content (AvgIpc) is 3.41. The van der Waals surface area contributed by atoms with E-state index in [2.05, 4.69) is 52.5 Å². The van der Waals surface area contributed by atoms with Crippen LogP contribution in [-0.2, 0) is 11.3 Å². The first-order valence-electron chi connectivity index (χ1n) is 10.1. The van der Waals surface area contributed by atoms with Gasteiger partial charge in [-0.1, -0.05) is 35.5 Å². The Morgan fingerprint density at radius 1 is 1.09 bits per heavy atom. The minimum absolute atomic E-state index is 0.130. The van der Waals surface area contributed by atoms with Crippen LogP contribution in [0.3, 0.4) is 0 Å². The number of carbonyl (C=O) groups excluding carboxylic acids is 1. The van der Waals surface area contributed by atoms with Gasteiger partial charge in [0.2, 0.25) is 5.91 Å². The predicted octanol–water partition coefficient (Wildman–Crippen LogP) is 6.09. The maximum absolute atomic E-state index is 12.5. The number of hydrogen-bond donors (Lipinski definition) is 1. The molecule has 32 heavy (non-hydrogen) atoms. The van der Waals surface area contributed by atoms with Crippen molar-refractivity contribution < 1.29 is 4.79 Å². The zero-order valence-corrected chi connectivity index (χ0v) is 20.3. The number of nitrogens with one attached hydrogen (secondary N) is 1. The fraction of sp³-hybridized carbons (Fsp3) is 0.217. The van der Waals surface area contributed by atoms with Crippen LogP contribution in [0.1, 0.15) is 18.1 Å². The van der Waals surface area contributed by atoms with E-state index in [0.29, 0.717) is 21.9 Å². The first-order valence-corrected chi connectivity index (χ1v) is 12.3. The molecule has 0 aliphatic carbocycles. The highest BCUT2D eigenvalue weighted by molar-refractivity contribution is 7.99. The summed E-state index contributed by atoms with van der Waals surface area (Å²) >= 11 is 8.75. The fourth-order valence-electron chi connectivity index (χ4n) is 3.14. The van der Waals surface area contributed by atoms with Crippen molar-refractivity contribution in [2.75, 3.05) is 11.1 Å². The van der Waals surface area contributed by atoms with Crippen molar-refractivity contribution in [1.82, 2.24) is 19.7 Å². The molecule has 9 heteroatoms. The highest BCUT2D eigenvalue weighted by Gasteiger charge is 2.15. The number of carbonyl (C=O) groups is 1. The van der Waals surface area contributed by atoms with Crippen LogP contribution in [0, 0.1) is 13.8 Å². The summed E-state index contributed by atoms with van der Waals surface area (Å²) in [4.78, 5) is 17.1. The van der Waals surface area contributed by atoms with Gasteiger partial charge in [0.1, 0.15) is 0 Å². The number of benzene rings is 2. The maximum Gasteiger partial charge on any atom is 0.236 e. The van der Waals surface area contributed by atoms with Crippen molar-refractivity contribution >= 4 is 45.7 Å². The van der Waals surface area contributed by atoms with Crippen molar-refractivity contribution in [3.8, 4) is 22.6 Å². The highest BCUT2D eigenvalue weighted by Crippen LogP contribution is 2.28. The molecule has 0 bridgehead atoms. The molecular formula is C23H22ClN5OS2. The second-order valence-corrected chi connectivity index (χ2v) is 9.47. The monoisotopic (exact) mass is 483 g/mol. The Bertz CT molecular complexity index is 1250. The number of nitrogens with zero attached hydrogens (tertiary/aromatic N) is 4. The second kappa shape index (κ2) is 9.85. The third-order valence-electron chi connectivity index (χ3n) is 5.02. The quantitative estimate of drug-likeness (QED) is 0.322. The smallest absolute Gasteiger partial charge is 0.236 e. The average molecular weight is 484 g/mol. The van der Waals surface area contributed by atoms with Crippen LogP contribution in [0.4, 0.5) is 5.13 Å². The summed E-state index contributed by atoms with van der Waals surface area (Å²) in [5.41, 5.74) is 5.30. The Kier molecular flexibility index (Phi) is 6.93. The van der Waals surface area contributed by atoms with Crippen LogP contribution in [0.5, 0.6) is 0 Å². The minimum Gasteiger partial charge on any atom is -0.302 e. The number of thioether (sulfide) groups is 1. The second-order valence-electron chi connectivity index (χ2n) is 7.23. The molecule has 2 aromatic carbocycles. The van der Waals surface area contributed by atoms with Gasteiger partial charge in [0.15, 0.2) is 16.1 Å². The molecule has 1 amide bonds. The van der Waals surface area contributed by atoms with Crippen molar-refractivity contribution in [3.63, 3.8) is 0 Å². The van der Waals surface area contributed by atoms with Gasteiger partial charge in [0.25, 0.3) is 0 Å². The summed E-state index contributed by atoms with van der Waals surface area (Å²) in [6.07, 6.45) is 0. The molecule has 0 fully saturated rings. The lowest BCUT2D eigenvalue weighted by Gasteiger charge is -2.07. The predicted molar refractivity (Wildman–Crippen MR) is 133 cm³/mol. The summed E-state index contributed by atoms with van der Waals surface area (Å²) < 4.78 is 1.99. The van der Waals surface area contributed by atoms with Crippen LogP contribution < -0.4 is 5.32 Å². The minimum atomic E-state index is -0.130. The SMILES string of the molecule is CCn1c(SCC(=O)Nc2nc(-c3ccc(C)c(C)c3)cs2)nnc1-c1ccc(Cl)cc1. The molecule has 0 saturated heterocycles. The first-order chi connectivity index (χ1) is 15.4. The highest BCUT2D eigenvalue weighted by atomic mass is 35.5. The van der Waals surface area contributed by atoms with Crippen molar-refractivity contribution in [2.45, 2.75) is 32.5 Å². The Balaban J connectivity index is 1.40. The van der Waals surface area contributed by atoms with Gasteiger partial charge in [0.05, 0.1) is 11.4 Å². The van der Waals surface area contributed by atoms with Crippen LogP contribution in [0.15, 0.2) is 53.0 Å². The summed E-state index contributed by atoms with van der Waals surface area (Å²) in [7, 11) is 0. The zero-order valence-electron chi connectivity index (χ0n) is 17.9. The normalized spacial score (nSPS) is 11.0. The van der Waals surface area contributed by atoms with E-state index in [4.69, 9.17) is 11.6 Å². The fourth-order valence-corrected chi connectivity index (χ4v) is 4.81. The Morgan fingerprint density at radius 2 is 1.84 bits per heavy atom. The van der Waals surface area contributed by atoms with E-state index in [1.54, 1.807) is 0 Å². The number of amides is 1. The molecule has 0 saturated carbocycles. The summed E-state index contributed by atoms with van der Waals surface area (Å²) in [6.45, 7) is 6.89. The van der Waals surface area contributed by atoms with E-state index in [1.807, 2.05) is 41.1 Å². The number of hydrogen-bond acceptors (Lipinski definition) is 6. The summed E-state index contributed by atoms with van der Waals surface area (Å²) in [5.74, 6) is 0.844. The molecule has 2 aromatic heterocycles. The third kappa shape index (κ3) is 5.03. The van der Waals surface area contributed by atoms with E-state index < -0.39 is 0 Å². The maximum atomic E-state index is 12.5. The Hall–Kier alpha value is -2.68. The Labute approximate surface area is 200 Å².